The summed E-state index contributed by atoms with van der Waals surface area (Å²) in [5.41, 5.74) is 2.08. The molecule has 2 unspecified atom stereocenters. The topological polar surface area (TPSA) is 119 Å². The summed E-state index contributed by atoms with van der Waals surface area (Å²) in [6, 6.07) is 2.09. The number of H-pyrrole nitrogens is 1. The maximum atomic E-state index is 9.65. The van der Waals surface area contributed by atoms with E-state index in [1.807, 2.05) is 19.9 Å². The lowest BCUT2D eigenvalue weighted by Crippen LogP contribution is -2.27. The number of anilines is 1. The van der Waals surface area contributed by atoms with Crippen molar-refractivity contribution in [3.8, 4) is 5.88 Å². The number of allylic oxidation sites excluding steroid dienone is 2. The van der Waals surface area contributed by atoms with E-state index in [1.54, 1.807) is 6.20 Å². The molecule has 5 N–H and O–H groups in total. The average molecular weight is 344 g/mol. The summed E-state index contributed by atoms with van der Waals surface area (Å²) in [6.07, 6.45) is 5.23. The molecule has 2 atom stereocenters. The van der Waals surface area contributed by atoms with Gasteiger partial charge >= 0.3 is 0 Å². The highest BCUT2D eigenvalue weighted by Crippen LogP contribution is 2.24. The minimum absolute atomic E-state index is 0.220. The van der Waals surface area contributed by atoms with Gasteiger partial charge in [-0.15, -0.1) is 0 Å². The van der Waals surface area contributed by atoms with E-state index >= 15 is 0 Å². The molecule has 0 saturated heterocycles. The van der Waals surface area contributed by atoms with Gasteiger partial charge in [0.25, 0.3) is 0 Å². The second-order valence-corrected chi connectivity index (χ2v) is 6.14. The smallest absolute Gasteiger partial charge is 0.232 e. The molecule has 8 heteroatoms. The Kier molecular flexibility index (Phi) is 5.18. The number of aliphatic hydroxyl groups is 1. The van der Waals surface area contributed by atoms with Crippen molar-refractivity contribution in [2.75, 3.05) is 11.9 Å². The normalized spacial score (nSPS) is 21.1. The first-order valence-corrected chi connectivity index (χ1v) is 8.51. The zero-order valence-electron chi connectivity index (χ0n) is 14.5. The molecule has 1 fully saturated rings. The molecule has 0 spiro atoms. The molecule has 2 aromatic rings. The van der Waals surface area contributed by atoms with Crippen LogP contribution in [0.15, 0.2) is 23.7 Å². The zero-order chi connectivity index (χ0) is 17.8. The number of aromatic nitrogens is 3. The van der Waals surface area contributed by atoms with Crippen molar-refractivity contribution in [3.05, 3.63) is 23.7 Å². The molecule has 0 amide bonds. The minimum Gasteiger partial charge on any atom is -0.477 e. The Morgan fingerprint density at radius 3 is 3.00 bits per heavy atom. The summed E-state index contributed by atoms with van der Waals surface area (Å²) in [5.74, 6) is 0.870. The monoisotopic (exact) mass is 344 g/mol. The van der Waals surface area contributed by atoms with Gasteiger partial charge in [0.05, 0.1) is 23.8 Å². The number of hydrogen-bond acceptors (Lipinski definition) is 7. The highest BCUT2D eigenvalue weighted by Gasteiger charge is 2.23. The Morgan fingerprint density at radius 1 is 1.48 bits per heavy atom. The molecular weight excluding hydrogens is 320 g/mol. The third-order valence-electron chi connectivity index (χ3n) is 4.28. The molecule has 0 radical (unpaired) electrons. The Labute approximate surface area is 146 Å². The lowest BCUT2D eigenvalue weighted by Gasteiger charge is -2.17. The van der Waals surface area contributed by atoms with Crippen molar-refractivity contribution in [1.82, 2.24) is 20.3 Å². The van der Waals surface area contributed by atoms with E-state index in [0.29, 0.717) is 29.8 Å². The van der Waals surface area contributed by atoms with Crippen molar-refractivity contribution in [2.45, 2.75) is 45.3 Å². The predicted octanol–water partition coefficient (Wildman–Crippen LogP) is 2.15. The zero-order valence-corrected chi connectivity index (χ0v) is 14.5. The summed E-state index contributed by atoms with van der Waals surface area (Å²) >= 11 is 0. The summed E-state index contributed by atoms with van der Waals surface area (Å²) in [5, 5.41) is 24.6. The first-order valence-electron chi connectivity index (χ1n) is 8.51. The van der Waals surface area contributed by atoms with Gasteiger partial charge in [-0.3, -0.25) is 0 Å². The molecule has 1 saturated carbocycles. The van der Waals surface area contributed by atoms with Crippen LogP contribution in [0.5, 0.6) is 5.88 Å². The molecule has 0 aliphatic heterocycles. The van der Waals surface area contributed by atoms with Crippen molar-refractivity contribution >= 4 is 23.2 Å². The fourth-order valence-corrected chi connectivity index (χ4v) is 3.05. The molecule has 2 aromatic heterocycles. The quantitative estimate of drug-likeness (QED) is 0.491. The Bertz CT molecular complexity index is 785. The molecule has 8 nitrogen and oxygen atoms in total. The van der Waals surface area contributed by atoms with Crippen molar-refractivity contribution in [3.63, 3.8) is 0 Å². The van der Waals surface area contributed by atoms with Crippen LogP contribution in [-0.2, 0) is 0 Å². The summed E-state index contributed by atoms with van der Waals surface area (Å²) in [7, 11) is 0. The highest BCUT2D eigenvalue weighted by atomic mass is 16.5. The first kappa shape index (κ1) is 17.2. The van der Waals surface area contributed by atoms with Gasteiger partial charge in [-0.05, 0) is 39.2 Å². The summed E-state index contributed by atoms with van der Waals surface area (Å²) in [6.45, 7) is 4.31. The van der Waals surface area contributed by atoms with E-state index in [1.165, 1.54) is 6.21 Å². The van der Waals surface area contributed by atoms with Crippen molar-refractivity contribution in [2.24, 2.45) is 0 Å². The maximum absolute atomic E-state index is 9.65. The van der Waals surface area contributed by atoms with Crippen molar-refractivity contribution in [1.29, 1.82) is 5.41 Å². The van der Waals surface area contributed by atoms with Crippen LogP contribution >= 0.6 is 0 Å². The Balaban J connectivity index is 1.82. The maximum Gasteiger partial charge on any atom is 0.232 e. The molecule has 0 aromatic carbocycles. The minimum atomic E-state index is -0.242. The van der Waals surface area contributed by atoms with E-state index in [4.69, 9.17) is 10.1 Å². The second-order valence-electron chi connectivity index (χ2n) is 6.14. The number of nitrogens with one attached hydrogen (secondary N) is 4. The van der Waals surface area contributed by atoms with Crippen LogP contribution in [-0.4, -0.2) is 45.0 Å². The van der Waals surface area contributed by atoms with E-state index in [-0.39, 0.29) is 12.1 Å². The van der Waals surface area contributed by atoms with Gasteiger partial charge in [0.1, 0.15) is 5.65 Å². The van der Waals surface area contributed by atoms with Gasteiger partial charge < -0.3 is 30.9 Å². The number of rotatable bonds is 7. The van der Waals surface area contributed by atoms with Crippen LogP contribution in [0.4, 0.5) is 5.95 Å². The van der Waals surface area contributed by atoms with Crippen molar-refractivity contribution < 1.29 is 9.84 Å². The van der Waals surface area contributed by atoms with E-state index < -0.39 is 0 Å². The van der Waals surface area contributed by atoms with Crippen LogP contribution in [0.3, 0.4) is 0 Å². The van der Waals surface area contributed by atoms with Crippen LogP contribution < -0.4 is 15.4 Å². The fourth-order valence-electron chi connectivity index (χ4n) is 3.05. The van der Waals surface area contributed by atoms with E-state index in [9.17, 15) is 5.11 Å². The number of ether oxygens (including phenoxy) is 1. The highest BCUT2D eigenvalue weighted by molar-refractivity contribution is 5.84. The third-order valence-corrected chi connectivity index (χ3v) is 4.28. The molecular formula is C17H24N6O2. The van der Waals surface area contributed by atoms with Gasteiger partial charge in [0, 0.05) is 24.2 Å². The van der Waals surface area contributed by atoms with Gasteiger partial charge in [-0.1, -0.05) is 0 Å². The molecule has 1 aliphatic carbocycles. The Morgan fingerprint density at radius 2 is 2.32 bits per heavy atom. The average Bonchev–Trinajstić information content (AvgIpc) is 3.21. The number of fused-ring (bicyclic) bond motifs is 1. The van der Waals surface area contributed by atoms with Gasteiger partial charge in [-0.2, -0.15) is 9.97 Å². The van der Waals surface area contributed by atoms with Gasteiger partial charge in [0.15, 0.2) is 0 Å². The fraction of sp³-hybridized carbons (Fsp3) is 0.471. The lowest BCUT2D eigenvalue weighted by molar-refractivity contribution is 0.180. The number of nitrogens with zero attached hydrogens (tertiary/aromatic N) is 2. The lowest BCUT2D eigenvalue weighted by atomic mass is 10.2. The van der Waals surface area contributed by atoms with Crippen LogP contribution in [0.2, 0.25) is 0 Å². The molecule has 134 valence electrons. The van der Waals surface area contributed by atoms with Crippen LogP contribution in [0, 0.1) is 5.41 Å². The Hall–Kier alpha value is -2.61. The molecule has 1 aliphatic rings. The van der Waals surface area contributed by atoms with Crippen LogP contribution in [0.1, 0.15) is 33.1 Å². The third kappa shape index (κ3) is 3.90. The number of aromatic amines is 1. The molecule has 25 heavy (non-hydrogen) atoms. The number of hydrogen-bond donors (Lipinski definition) is 5. The standard InChI is InChI=1S/C17H24N6O2/c1-3-25-16-13-6-7-19-15(13)22-17(23-16)21-14(9-18)10(2)20-11-4-5-12(24)8-11/h6-7,9,11-12,18,20,24H,3-5,8H2,1-2H3,(H2,19,21,22,23)/b14-10+,18-9?. The molecule has 3 rings (SSSR count). The number of aliphatic hydroxyl groups excluding tert-OH is 1. The van der Waals surface area contributed by atoms with Gasteiger partial charge in [-0.25, -0.2) is 0 Å². The summed E-state index contributed by atoms with van der Waals surface area (Å²) < 4.78 is 5.59. The SMILES string of the molecule is CCOc1nc(N/C(C=N)=C(\C)NC2CCC(O)C2)nc2[nH]ccc12. The van der Waals surface area contributed by atoms with Crippen LogP contribution in [0.25, 0.3) is 11.0 Å². The van der Waals surface area contributed by atoms with E-state index in [2.05, 4.69) is 25.6 Å². The molecule has 0 bridgehead atoms. The largest absolute Gasteiger partial charge is 0.477 e. The van der Waals surface area contributed by atoms with E-state index in [0.717, 1.165) is 30.3 Å². The summed E-state index contributed by atoms with van der Waals surface area (Å²) in [4.78, 5) is 11.9. The molecule has 2 heterocycles. The predicted molar refractivity (Wildman–Crippen MR) is 96.9 cm³/mol. The van der Waals surface area contributed by atoms with Gasteiger partial charge in [0.2, 0.25) is 11.8 Å². The first-order chi connectivity index (χ1) is 12.1. The second kappa shape index (κ2) is 7.52.